The summed E-state index contributed by atoms with van der Waals surface area (Å²) in [7, 11) is 3.15. The van der Waals surface area contributed by atoms with Gasteiger partial charge in [0.05, 0.1) is 13.7 Å². The zero-order chi connectivity index (χ0) is 13.8. The molecule has 0 aliphatic carbocycles. The van der Waals surface area contributed by atoms with Crippen molar-refractivity contribution in [3.8, 4) is 0 Å². The first-order valence-corrected chi connectivity index (χ1v) is 5.85. The molecule has 0 aromatic rings. The third kappa shape index (κ3) is 5.68. The second kappa shape index (κ2) is 6.38. The number of alkyl halides is 3. The minimum absolute atomic E-state index is 0.0435. The first-order valence-electron chi connectivity index (χ1n) is 5.85. The second-order valence-corrected chi connectivity index (χ2v) is 4.80. The molecule has 0 aromatic carbocycles. The standard InChI is InChI=1S/C11H19F3N2O2/c1-16-5-8(4-10(17)18-2)3-9(6-16)15-7-11(12,13)14/h8-9,15H,3-7H2,1-2H3. The summed E-state index contributed by atoms with van der Waals surface area (Å²) < 4.78 is 40.9. The Balaban J connectivity index is 2.43. The fourth-order valence-electron chi connectivity index (χ4n) is 2.32. The van der Waals surface area contributed by atoms with E-state index < -0.39 is 12.7 Å². The van der Waals surface area contributed by atoms with E-state index in [0.717, 1.165) is 0 Å². The van der Waals surface area contributed by atoms with Gasteiger partial charge in [-0.2, -0.15) is 13.2 Å². The number of carbonyl (C=O) groups excluding carboxylic acids is 1. The van der Waals surface area contributed by atoms with Crippen LogP contribution in [0.4, 0.5) is 13.2 Å². The van der Waals surface area contributed by atoms with Crippen LogP contribution in [0.1, 0.15) is 12.8 Å². The van der Waals surface area contributed by atoms with Crippen LogP contribution in [0.3, 0.4) is 0 Å². The molecule has 1 saturated heterocycles. The van der Waals surface area contributed by atoms with Crippen molar-refractivity contribution >= 4 is 5.97 Å². The molecule has 18 heavy (non-hydrogen) atoms. The summed E-state index contributed by atoms with van der Waals surface area (Å²) >= 11 is 0. The van der Waals surface area contributed by atoms with Gasteiger partial charge in [0.15, 0.2) is 0 Å². The van der Waals surface area contributed by atoms with Crippen LogP contribution in [0.15, 0.2) is 0 Å². The molecule has 1 aliphatic heterocycles. The molecule has 2 unspecified atom stereocenters. The van der Waals surface area contributed by atoms with Gasteiger partial charge in [-0.15, -0.1) is 0 Å². The van der Waals surface area contributed by atoms with Gasteiger partial charge in [0.25, 0.3) is 0 Å². The Hall–Kier alpha value is -0.820. The highest BCUT2D eigenvalue weighted by molar-refractivity contribution is 5.69. The van der Waals surface area contributed by atoms with E-state index >= 15 is 0 Å². The normalized spacial score (nSPS) is 26.1. The number of ether oxygens (including phenoxy) is 1. The molecule has 0 aromatic heterocycles. The molecule has 4 nitrogen and oxygen atoms in total. The minimum atomic E-state index is -4.20. The number of likely N-dealkylation sites (N-methyl/N-ethyl adjacent to an activating group) is 1. The third-order valence-electron chi connectivity index (χ3n) is 2.99. The Labute approximate surface area is 104 Å². The first-order chi connectivity index (χ1) is 8.30. The van der Waals surface area contributed by atoms with E-state index in [2.05, 4.69) is 10.1 Å². The third-order valence-corrected chi connectivity index (χ3v) is 2.99. The predicted octanol–water partition coefficient (Wildman–Crippen LogP) is 1.02. The van der Waals surface area contributed by atoms with E-state index in [1.807, 2.05) is 11.9 Å². The van der Waals surface area contributed by atoms with Gasteiger partial charge in [0.1, 0.15) is 0 Å². The fraction of sp³-hybridized carbons (Fsp3) is 0.909. The van der Waals surface area contributed by atoms with Crippen molar-refractivity contribution < 1.29 is 22.7 Å². The summed E-state index contributed by atoms with van der Waals surface area (Å²) in [6.45, 7) is 0.281. The number of likely N-dealkylation sites (tertiary alicyclic amines) is 1. The topological polar surface area (TPSA) is 41.6 Å². The summed E-state index contributed by atoms with van der Waals surface area (Å²) in [5.41, 5.74) is 0. The average Bonchev–Trinajstić information content (AvgIpc) is 2.24. The number of halogens is 3. The lowest BCUT2D eigenvalue weighted by Gasteiger charge is -2.35. The van der Waals surface area contributed by atoms with Gasteiger partial charge in [-0.1, -0.05) is 0 Å². The van der Waals surface area contributed by atoms with Gasteiger partial charge in [0.2, 0.25) is 0 Å². The molecule has 7 heteroatoms. The van der Waals surface area contributed by atoms with E-state index in [4.69, 9.17) is 0 Å². The summed E-state index contributed by atoms with van der Waals surface area (Å²) in [5.74, 6) is -0.271. The van der Waals surface area contributed by atoms with Crippen LogP contribution in [0.25, 0.3) is 0 Å². The second-order valence-electron chi connectivity index (χ2n) is 4.80. The monoisotopic (exact) mass is 268 g/mol. The van der Waals surface area contributed by atoms with Crippen LogP contribution < -0.4 is 5.32 Å². The Morgan fingerprint density at radius 3 is 2.67 bits per heavy atom. The number of piperidine rings is 1. The molecule has 106 valence electrons. The molecular weight excluding hydrogens is 249 g/mol. The van der Waals surface area contributed by atoms with Gasteiger partial charge in [0, 0.05) is 25.6 Å². The van der Waals surface area contributed by atoms with Gasteiger partial charge in [-0.25, -0.2) is 0 Å². The van der Waals surface area contributed by atoms with E-state index in [-0.39, 0.29) is 24.3 Å². The van der Waals surface area contributed by atoms with Crippen molar-refractivity contribution in [3.63, 3.8) is 0 Å². The smallest absolute Gasteiger partial charge is 0.401 e. The van der Waals surface area contributed by atoms with E-state index in [9.17, 15) is 18.0 Å². The first kappa shape index (κ1) is 15.2. The summed E-state index contributed by atoms with van der Waals surface area (Å²) in [6, 6.07) is -0.236. The van der Waals surface area contributed by atoms with Crippen molar-refractivity contribution in [2.24, 2.45) is 5.92 Å². The Morgan fingerprint density at radius 2 is 2.11 bits per heavy atom. The molecule has 0 amide bonds. The van der Waals surface area contributed by atoms with Crippen LogP contribution in [0.5, 0.6) is 0 Å². The van der Waals surface area contributed by atoms with Crippen molar-refractivity contribution in [1.82, 2.24) is 10.2 Å². The molecule has 0 saturated carbocycles. The van der Waals surface area contributed by atoms with Crippen LogP contribution in [0.2, 0.25) is 0 Å². The summed E-state index contributed by atoms with van der Waals surface area (Å²) in [4.78, 5) is 13.1. The minimum Gasteiger partial charge on any atom is -0.469 e. The lowest BCUT2D eigenvalue weighted by atomic mass is 9.92. The van der Waals surface area contributed by atoms with Gasteiger partial charge in [-0.3, -0.25) is 4.79 Å². The highest BCUT2D eigenvalue weighted by Crippen LogP contribution is 2.21. The lowest BCUT2D eigenvalue weighted by molar-refractivity contribution is -0.142. The molecule has 2 atom stereocenters. The van der Waals surface area contributed by atoms with Crippen LogP contribution >= 0.6 is 0 Å². The molecule has 0 radical (unpaired) electrons. The summed E-state index contributed by atoms with van der Waals surface area (Å²) in [6.07, 6.45) is -3.38. The zero-order valence-electron chi connectivity index (χ0n) is 10.6. The number of rotatable bonds is 4. The van der Waals surface area contributed by atoms with Crippen LogP contribution in [-0.4, -0.2) is 56.9 Å². The van der Waals surface area contributed by atoms with Gasteiger partial charge in [-0.05, 0) is 19.4 Å². The highest BCUT2D eigenvalue weighted by atomic mass is 19.4. The van der Waals surface area contributed by atoms with Crippen molar-refractivity contribution in [2.75, 3.05) is 33.8 Å². The molecule has 0 bridgehead atoms. The van der Waals surface area contributed by atoms with Gasteiger partial charge >= 0.3 is 12.1 Å². The Bertz CT molecular complexity index is 284. The lowest BCUT2D eigenvalue weighted by Crippen LogP contribution is -2.50. The maximum atomic E-state index is 12.1. The Kier molecular flexibility index (Phi) is 5.40. The van der Waals surface area contributed by atoms with Gasteiger partial charge < -0.3 is 15.0 Å². The number of methoxy groups -OCH3 is 1. The number of hydrogen-bond donors (Lipinski definition) is 1. The number of carbonyl (C=O) groups is 1. The number of hydrogen-bond acceptors (Lipinski definition) is 4. The van der Waals surface area contributed by atoms with E-state index in [1.54, 1.807) is 0 Å². The number of nitrogens with one attached hydrogen (secondary N) is 1. The molecule has 1 fully saturated rings. The highest BCUT2D eigenvalue weighted by Gasteiger charge is 2.31. The van der Waals surface area contributed by atoms with E-state index in [1.165, 1.54) is 7.11 Å². The molecule has 1 aliphatic rings. The molecule has 1 rings (SSSR count). The van der Waals surface area contributed by atoms with Crippen LogP contribution in [-0.2, 0) is 9.53 Å². The maximum absolute atomic E-state index is 12.1. The largest absolute Gasteiger partial charge is 0.469 e. The molecule has 0 spiro atoms. The average molecular weight is 268 g/mol. The SMILES string of the molecule is COC(=O)CC1CC(NCC(F)(F)F)CN(C)C1. The van der Waals surface area contributed by atoms with Crippen LogP contribution in [0, 0.1) is 5.92 Å². The predicted molar refractivity (Wildman–Crippen MR) is 60.1 cm³/mol. The number of esters is 1. The van der Waals surface area contributed by atoms with Crippen molar-refractivity contribution in [1.29, 1.82) is 0 Å². The maximum Gasteiger partial charge on any atom is 0.401 e. The molecular formula is C11H19F3N2O2. The van der Waals surface area contributed by atoms with E-state index in [0.29, 0.717) is 19.5 Å². The number of nitrogens with zero attached hydrogens (tertiary/aromatic N) is 1. The molecule has 1 N–H and O–H groups in total. The Morgan fingerprint density at radius 1 is 1.44 bits per heavy atom. The zero-order valence-corrected chi connectivity index (χ0v) is 10.6. The summed E-state index contributed by atoms with van der Waals surface area (Å²) in [5, 5.41) is 2.49. The quantitative estimate of drug-likeness (QED) is 0.773. The fourth-order valence-corrected chi connectivity index (χ4v) is 2.32. The molecule has 1 heterocycles. The van der Waals surface area contributed by atoms with Crippen molar-refractivity contribution in [2.45, 2.75) is 25.1 Å². The van der Waals surface area contributed by atoms with Crippen molar-refractivity contribution in [3.05, 3.63) is 0 Å².